The molecule has 1 saturated carbocycles. The van der Waals surface area contributed by atoms with Crippen molar-refractivity contribution in [3.05, 3.63) is 30.4 Å². The van der Waals surface area contributed by atoms with Gasteiger partial charge in [0.25, 0.3) is 0 Å². The van der Waals surface area contributed by atoms with Crippen LogP contribution in [0.5, 0.6) is 0 Å². The second-order valence-electron chi connectivity index (χ2n) is 4.48. The van der Waals surface area contributed by atoms with Gasteiger partial charge in [0.2, 0.25) is 0 Å². The molecule has 0 saturated heterocycles. The Bertz CT molecular complexity index is 496. The summed E-state index contributed by atoms with van der Waals surface area (Å²) in [6, 6.07) is 0.704. The van der Waals surface area contributed by atoms with E-state index in [2.05, 4.69) is 25.1 Å². The molecule has 0 aromatic carbocycles. The van der Waals surface area contributed by atoms with E-state index in [1.165, 1.54) is 12.8 Å². The topological polar surface area (TPSA) is 60.6 Å². The molecule has 0 bridgehead atoms. The number of rotatable bonds is 5. The molecule has 2 aromatic rings. The number of aromatic nitrogens is 5. The lowest BCUT2D eigenvalue weighted by Crippen LogP contribution is -2.19. The van der Waals surface area contributed by atoms with Gasteiger partial charge in [-0.15, -0.1) is 10.2 Å². The van der Waals surface area contributed by atoms with Crippen molar-refractivity contribution in [2.75, 3.05) is 0 Å². The van der Waals surface area contributed by atoms with Gasteiger partial charge < -0.3 is 14.5 Å². The highest BCUT2D eigenvalue weighted by Gasteiger charge is 2.20. The molecule has 6 nitrogen and oxygen atoms in total. The normalized spacial score (nSPS) is 15.4. The van der Waals surface area contributed by atoms with E-state index in [0.717, 1.165) is 24.7 Å². The summed E-state index contributed by atoms with van der Waals surface area (Å²) in [7, 11) is 1.95. The molecule has 2 aromatic heterocycles. The van der Waals surface area contributed by atoms with Crippen LogP contribution >= 0.6 is 0 Å². The summed E-state index contributed by atoms with van der Waals surface area (Å²) in [4.78, 5) is 4.37. The maximum atomic E-state index is 4.37. The number of hydrogen-bond acceptors (Lipinski definition) is 4. The minimum absolute atomic E-state index is 0.704. The summed E-state index contributed by atoms with van der Waals surface area (Å²) in [5, 5.41) is 11.4. The summed E-state index contributed by atoms with van der Waals surface area (Å²) in [5.41, 5.74) is 0. The summed E-state index contributed by atoms with van der Waals surface area (Å²) in [6.07, 6.45) is 8.13. The van der Waals surface area contributed by atoms with Crippen LogP contribution in [0, 0.1) is 0 Å². The summed E-state index contributed by atoms with van der Waals surface area (Å²) in [5.74, 6) is 2.00. The first-order valence-electron chi connectivity index (χ1n) is 5.89. The highest BCUT2D eigenvalue weighted by Crippen LogP contribution is 2.19. The summed E-state index contributed by atoms with van der Waals surface area (Å²) in [6.45, 7) is 1.55. The third-order valence-corrected chi connectivity index (χ3v) is 3.04. The Hall–Kier alpha value is -1.69. The van der Waals surface area contributed by atoms with E-state index >= 15 is 0 Å². The van der Waals surface area contributed by atoms with Crippen LogP contribution in [0.4, 0.5) is 0 Å². The lowest BCUT2D eigenvalue weighted by atomic mass is 10.5. The van der Waals surface area contributed by atoms with Crippen LogP contribution in [0.2, 0.25) is 0 Å². The van der Waals surface area contributed by atoms with Gasteiger partial charge in [0.05, 0.1) is 13.1 Å². The third kappa shape index (κ3) is 2.36. The average Bonchev–Trinajstić information content (AvgIpc) is 2.92. The molecule has 17 heavy (non-hydrogen) atoms. The van der Waals surface area contributed by atoms with Crippen molar-refractivity contribution in [3.63, 3.8) is 0 Å². The molecule has 3 rings (SSSR count). The van der Waals surface area contributed by atoms with E-state index in [-0.39, 0.29) is 0 Å². The van der Waals surface area contributed by atoms with Crippen LogP contribution in [-0.2, 0) is 20.1 Å². The van der Waals surface area contributed by atoms with Crippen molar-refractivity contribution < 1.29 is 0 Å². The van der Waals surface area contributed by atoms with Gasteiger partial charge in [-0.1, -0.05) is 0 Å². The van der Waals surface area contributed by atoms with Crippen molar-refractivity contribution in [1.82, 2.24) is 29.6 Å². The van der Waals surface area contributed by atoms with Gasteiger partial charge in [0.1, 0.15) is 12.2 Å². The van der Waals surface area contributed by atoms with Crippen molar-refractivity contribution in [1.29, 1.82) is 0 Å². The minimum Gasteiger partial charge on any atom is -0.326 e. The molecular formula is C11H16N6. The van der Waals surface area contributed by atoms with E-state index in [1.54, 1.807) is 6.33 Å². The van der Waals surface area contributed by atoms with Crippen LogP contribution in [0.15, 0.2) is 18.7 Å². The highest BCUT2D eigenvalue weighted by molar-refractivity contribution is 4.98. The first kappa shape index (κ1) is 10.5. The molecule has 1 aliphatic carbocycles. The van der Waals surface area contributed by atoms with Gasteiger partial charge in [-0.25, -0.2) is 4.98 Å². The molecule has 90 valence electrons. The first-order valence-corrected chi connectivity index (χ1v) is 5.89. The number of hydrogen-bond donors (Lipinski definition) is 1. The second kappa shape index (κ2) is 4.29. The number of aryl methyl sites for hydroxylation is 1. The van der Waals surface area contributed by atoms with Crippen molar-refractivity contribution in [2.45, 2.75) is 32.0 Å². The SMILES string of the molecule is Cn1cnnc1Cn1ccnc1CNC1CC1. The highest BCUT2D eigenvalue weighted by atomic mass is 15.3. The smallest absolute Gasteiger partial charge is 0.152 e. The molecule has 6 heteroatoms. The number of nitrogens with zero attached hydrogens (tertiary/aromatic N) is 5. The zero-order valence-electron chi connectivity index (χ0n) is 9.87. The van der Waals surface area contributed by atoms with Crippen LogP contribution in [-0.4, -0.2) is 30.4 Å². The van der Waals surface area contributed by atoms with Crippen LogP contribution in [0.25, 0.3) is 0 Å². The Labute approximate surface area is 99.7 Å². The van der Waals surface area contributed by atoms with E-state index in [0.29, 0.717) is 6.04 Å². The first-order chi connectivity index (χ1) is 8.33. The molecule has 0 aliphatic heterocycles. The van der Waals surface area contributed by atoms with E-state index in [1.807, 2.05) is 24.0 Å². The maximum absolute atomic E-state index is 4.37. The molecule has 2 heterocycles. The average molecular weight is 232 g/mol. The molecule has 0 amide bonds. The van der Waals surface area contributed by atoms with E-state index in [9.17, 15) is 0 Å². The Balaban J connectivity index is 1.69. The third-order valence-electron chi connectivity index (χ3n) is 3.04. The molecule has 1 N–H and O–H groups in total. The predicted octanol–water partition coefficient (Wildman–Crippen LogP) is 0.312. The van der Waals surface area contributed by atoms with Gasteiger partial charge in [0, 0.05) is 25.5 Å². The van der Waals surface area contributed by atoms with Gasteiger partial charge in [-0.2, -0.15) is 0 Å². The van der Waals surface area contributed by atoms with Crippen molar-refractivity contribution in [3.8, 4) is 0 Å². The molecule has 0 unspecified atom stereocenters. The fraction of sp³-hybridized carbons (Fsp3) is 0.545. The van der Waals surface area contributed by atoms with Gasteiger partial charge in [0.15, 0.2) is 5.82 Å². The Morgan fingerprint density at radius 1 is 1.41 bits per heavy atom. The Morgan fingerprint density at radius 2 is 2.29 bits per heavy atom. The van der Waals surface area contributed by atoms with Crippen LogP contribution in [0.3, 0.4) is 0 Å². The van der Waals surface area contributed by atoms with E-state index in [4.69, 9.17) is 0 Å². The van der Waals surface area contributed by atoms with Gasteiger partial charge >= 0.3 is 0 Å². The van der Waals surface area contributed by atoms with Crippen molar-refractivity contribution in [2.24, 2.45) is 7.05 Å². The second-order valence-corrected chi connectivity index (χ2v) is 4.48. The Kier molecular flexibility index (Phi) is 2.64. The fourth-order valence-electron chi connectivity index (χ4n) is 1.78. The fourth-order valence-corrected chi connectivity index (χ4v) is 1.78. The standard InChI is InChI=1S/C11H16N6/c1-16-8-14-15-11(16)7-17-5-4-12-10(17)6-13-9-2-3-9/h4-5,8-9,13H,2-3,6-7H2,1H3. The summed E-state index contributed by atoms with van der Waals surface area (Å²) >= 11 is 0. The molecule has 1 aliphatic rings. The van der Waals surface area contributed by atoms with Crippen LogP contribution < -0.4 is 5.32 Å². The predicted molar refractivity (Wildman–Crippen MR) is 62.2 cm³/mol. The lowest BCUT2D eigenvalue weighted by Gasteiger charge is -2.07. The van der Waals surface area contributed by atoms with Gasteiger partial charge in [-0.3, -0.25) is 0 Å². The summed E-state index contributed by atoms with van der Waals surface area (Å²) < 4.78 is 4.04. The molecule has 0 atom stereocenters. The van der Waals surface area contributed by atoms with E-state index < -0.39 is 0 Å². The molecule has 0 spiro atoms. The minimum atomic E-state index is 0.704. The number of imidazole rings is 1. The van der Waals surface area contributed by atoms with Crippen LogP contribution in [0.1, 0.15) is 24.5 Å². The number of nitrogens with one attached hydrogen (secondary N) is 1. The Morgan fingerprint density at radius 3 is 3.00 bits per heavy atom. The largest absolute Gasteiger partial charge is 0.326 e. The zero-order valence-corrected chi connectivity index (χ0v) is 9.87. The zero-order chi connectivity index (χ0) is 11.7. The lowest BCUT2D eigenvalue weighted by molar-refractivity contribution is 0.601. The molecular weight excluding hydrogens is 216 g/mol. The maximum Gasteiger partial charge on any atom is 0.152 e. The molecule has 0 radical (unpaired) electrons. The molecule has 1 fully saturated rings. The monoisotopic (exact) mass is 232 g/mol. The van der Waals surface area contributed by atoms with Crippen molar-refractivity contribution >= 4 is 0 Å². The quantitative estimate of drug-likeness (QED) is 0.806. The van der Waals surface area contributed by atoms with Gasteiger partial charge in [-0.05, 0) is 12.8 Å².